The summed E-state index contributed by atoms with van der Waals surface area (Å²) in [6.07, 6.45) is 0.791. The van der Waals surface area contributed by atoms with Crippen molar-refractivity contribution in [3.63, 3.8) is 0 Å². The fourth-order valence-corrected chi connectivity index (χ4v) is 4.06. The molecule has 0 bridgehead atoms. The van der Waals surface area contributed by atoms with Crippen molar-refractivity contribution < 1.29 is 24.2 Å². The van der Waals surface area contributed by atoms with Crippen LogP contribution in [0.5, 0.6) is 5.75 Å². The molecule has 0 saturated carbocycles. The van der Waals surface area contributed by atoms with Gasteiger partial charge in [0.05, 0.1) is 17.0 Å². The number of hydrogen-bond donors (Lipinski definition) is 2. The molecule has 0 spiro atoms. The van der Waals surface area contributed by atoms with E-state index >= 15 is 0 Å². The number of hydrogen-bond acceptors (Lipinski definition) is 5. The Morgan fingerprint density at radius 2 is 2.09 bits per heavy atom. The maximum absolute atomic E-state index is 12.4. The Morgan fingerprint density at radius 3 is 2.64 bits per heavy atom. The minimum absolute atomic E-state index is 0.0856. The van der Waals surface area contributed by atoms with Crippen molar-refractivity contribution in [1.82, 2.24) is 5.32 Å². The smallest absolute Gasteiger partial charge is 0.311 e. The lowest BCUT2D eigenvalue weighted by Gasteiger charge is -2.33. The molecule has 1 aliphatic heterocycles. The van der Waals surface area contributed by atoms with Gasteiger partial charge in [-0.1, -0.05) is 0 Å². The van der Waals surface area contributed by atoms with Crippen LogP contribution in [0, 0.1) is 12.3 Å². The van der Waals surface area contributed by atoms with Crippen molar-refractivity contribution in [2.24, 2.45) is 5.41 Å². The molecule has 0 atom stereocenters. The third-order valence-corrected chi connectivity index (χ3v) is 6.17. The van der Waals surface area contributed by atoms with Gasteiger partial charge in [0.15, 0.2) is 5.75 Å². The lowest BCUT2D eigenvalue weighted by Crippen LogP contribution is -2.46. The zero-order valence-corrected chi connectivity index (χ0v) is 14.8. The van der Waals surface area contributed by atoms with E-state index in [-0.39, 0.29) is 12.5 Å². The zero-order chi connectivity index (χ0) is 16.3. The monoisotopic (exact) mass is 391 g/mol. The molecule has 2 heterocycles. The number of aryl methyl sites for hydroxylation is 1. The summed E-state index contributed by atoms with van der Waals surface area (Å²) in [6, 6.07) is 0. The highest BCUT2D eigenvalue weighted by molar-refractivity contribution is 9.10. The quantitative estimate of drug-likeness (QED) is 0.804. The molecular weight excluding hydrogens is 374 g/mol. The Balaban J connectivity index is 2.12. The van der Waals surface area contributed by atoms with Crippen molar-refractivity contribution in [2.45, 2.75) is 19.8 Å². The van der Waals surface area contributed by atoms with Gasteiger partial charge in [-0.25, -0.2) is 0 Å². The molecule has 1 aromatic heterocycles. The first-order chi connectivity index (χ1) is 10.4. The second kappa shape index (κ2) is 6.97. The van der Waals surface area contributed by atoms with Crippen LogP contribution in [0.2, 0.25) is 0 Å². The molecule has 2 rings (SSSR count). The number of rotatable bonds is 5. The SMILES string of the molecule is COc1c(C(=O)NCC2(C(=O)O)CCOCC2)sc(C)c1Br. The van der Waals surface area contributed by atoms with Gasteiger partial charge in [-0.3, -0.25) is 9.59 Å². The van der Waals surface area contributed by atoms with Gasteiger partial charge in [0.25, 0.3) is 5.91 Å². The number of methoxy groups -OCH3 is 1. The minimum atomic E-state index is -0.954. The highest BCUT2D eigenvalue weighted by Gasteiger charge is 2.40. The number of amides is 1. The number of halogens is 1. The lowest BCUT2D eigenvalue weighted by molar-refractivity contribution is -0.154. The topological polar surface area (TPSA) is 84.9 Å². The summed E-state index contributed by atoms with van der Waals surface area (Å²) in [5, 5.41) is 12.2. The number of thiophene rings is 1. The third-order valence-electron chi connectivity index (χ3n) is 3.87. The van der Waals surface area contributed by atoms with Gasteiger partial charge in [0, 0.05) is 24.6 Å². The van der Waals surface area contributed by atoms with Crippen LogP contribution in [-0.2, 0) is 9.53 Å². The Bertz CT molecular complexity index is 580. The first-order valence-electron chi connectivity index (χ1n) is 6.83. The van der Waals surface area contributed by atoms with E-state index in [0.717, 1.165) is 9.35 Å². The van der Waals surface area contributed by atoms with Crippen LogP contribution < -0.4 is 10.1 Å². The molecule has 122 valence electrons. The summed E-state index contributed by atoms with van der Waals surface area (Å²) in [5.74, 6) is -0.731. The molecule has 22 heavy (non-hydrogen) atoms. The Hall–Kier alpha value is -1.12. The average Bonchev–Trinajstić information content (AvgIpc) is 2.80. The highest BCUT2D eigenvalue weighted by Crippen LogP contribution is 2.39. The van der Waals surface area contributed by atoms with Gasteiger partial charge in [0.1, 0.15) is 4.88 Å². The maximum atomic E-state index is 12.4. The van der Waals surface area contributed by atoms with Gasteiger partial charge in [-0.15, -0.1) is 11.3 Å². The Kier molecular flexibility index (Phi) is 5.46. The third kappa shape index (κ3) is 3.28. The van der Waals surface area contributed by atoms with Crippen LogP contribution in [0.15, 0.2) is 4.47 Å². The number of nitrogens with one attached hydrogen (secondary N) is 1. The van der Waals surface area contributed by atoms with E-state index in [1.807, 2.05) is 6.92 Å². The second-order valence-electron chi connectivity index (χ2n) is 5.22. The lowest BCUT2D eigenvalue weighted by atomic mass is 9.80. The summed E-state index contributed by atoms with van der Waals surface area (Å²) >= 11 is 4.70. The van der Waals surface area contributed by atoms with E-state index in [1.165, 1.54) is 18.4 Å². The van der Waals surface area contributed by atoms with Crippen LogP contribution in [0.3, 0.4) is 0 Å². The standard InChI is InChI=1S/C14H18BrNO5S/c1-8-9(15)10(20-2)11(22-8)12(17)16-7-14(13(18)19)3-5-21-6-4-14/h3-7H2,1-2H3,(H,16,17)(H,18,19). The van der Waals surface area contributed by atoms with Gasteiger partial charge < -0.3 is 19.9 Å². The number of carbonyl (C=O) groups is 2. The molecule has 0 radical (unpaired) electrons. The molecule has 1 fully saturated rings. The van der Waals surface area contributed by atoms with E-state index in [4.69, 9.17) is 9.47 Å². The normalized spacial score (nSPS) is 17.0. The Labute approximate surface area is 140 Å². The van der Waals surface area contributed by atoms with Crippen molar-refractivity contribution in [1.29, 1.82) is 0 Å². The molecule has 1 saturated heterocycles. The second-order valence-corrected chi connectivity index (χ2v) is 7.23. The summed E-state index contributed by atoms with van der Waals surface area (Å²) in [5.41, 5.74) is -0.954. The van der Waals surface area contributed by atoms with Gasteiger partial charge in [-0.2, -0.15) is 0 Å². The predicted octanol–water partition coefficient (Wildman–Crippen LogP) is 2.44. The van der Waals surface area contributed by atoms with Crippen molar-refractivity contribution >= 4 is 39.1 Å². The van der Waals surface area contributed by atoms with Crippen LogP contribution in [-0.4, -0.2) is 43.9 Å². The van der Waals surface area contributed by atoms with Crippen LogP contribution in [0.25, 0.3) is 0 Å². The minimum Gasteiger partial charge on any atom is -0.494 e. The average molecular weight is 392 g/mol. The largest absolute Gasteiger partial charge is 0.494 e. The van der Waals surface area contributed by atoms with Gasteiger partial charge in [0.2, 0.25) is 0 Å². The van der Waals surface area contributed by atoms with E-state index in [0.29, 0.717) is 36.7 Å². The number of carbonyl (C=O) groups excluding carboxylic acids is 1. The van der Waals surface area contributed by atoms with Gasteiger partial charge >= 0.3 is 5.97 Å². The molecule has 0 aromatic carbocycles. The first kappa shape index (κ1) is 17.2. The van der Waals surface area contributed by atoms with Crippen LogP contribution >= 0.6 is 27.3 Å². The molecule has 0 aliphatic carbocycles. The summed E-state index contributed by atoms with van der Waals surface area (Å²) in [4.78, 5) is 25.3. The van der Waals surface area contributed by atoms with E-state index in [1.54, 1.807) is 0 Å². The predicted molar refractivity (Wildman–Crippen MR) is 85.8 cm³/mol. The summed E-state index contributed by atoms with van der Waals surface area (Å²) < 4.78 is 11.2. The Morgan fingerprint density at radius 1 is 1.45 bits per heavy atom. The molecular formula is C14H18BrNO5S. The molecule has 1 aromatic rings. The fourth-order valence-electron chi connectivity index (χ4n) is 2.39. The fraction of sp³-hybridized carbons (Fsp3) is 0.571. The summed E-state index contributed by atoms with van der Waals surface area (Å²) in [7, 11) is 1.50. The number of carboxylic acids is 1. The van der Waals surface area contributed by atoms with Crippen LogP contribution in [0.4, 0.5) is 0 Å². The van der Waals surface area contributed by atoms with Crippen molar-refractivity contribution in [2.75, 3.05) is 26.9 Å². The van der Waals surface area contributed by atoms with Crippen LogP contribution in [0.1, 0.15) is 27.4 Å². The molecule has 8 heteroatoms. The summed E-state index contributed by atoms with van der Waals surface area (Å²) in [6.45, 7) is 2.76. The van der Waals surface area contributed by atoms with E-state index in [2.05, 4.69) is 21.2 Å². The highest BCUT2D eigenvalue weighted by atomic mass is 79.9. The molecule has 1 amide bonds. The van der Waals surface area contributed by atoms with Crippen molar-refractivity contribution in [3.8, 4) is 5.75 Å². The molecule has 0 unspecified atom stereocenters. The number of ether oxygens (including phenoxy) is 2. The zero-order valence-electron chi connectivity index (χ0n) is 12.4. The maximum Gasteiger partial charge on any atom is 0.311 e. The molecule has 6 nitrogen and oxygen atoms in total. The first-order valence-corrected chi connectivity index (χ1v) is 8.44. The van der Waals surface area contributed by atoms with Crippen molar-refractivity contribution in [3.05, 3.63) is 14.2 Å². The van der Waals surface area contributed by atoms with E-state index < -0.39 is 11.4 Å². The molecule has 2 N–H and O–H groups in total. The molecule has 1 aliphatic rings. The number of aliphatic carboxylic acids is 1. The van der Waals surface area contributed by atoms with Gasteiger partial charge in [-0.05, 0) is 35.7 Å². The number of carboxylic acid groups (broad SMARTS) is 1. The van der Waals surface area contributed by atoms with E-state index in [9.17, 15) is 14.7 Å².